The van der Waals surface area contributed by atoms with Crippen molar-refractivity contribution in [2.75, 3.05) is 31.2 Å². The van der Waals surface area contributed by atoms with E-state index in [-0.39, 0.29) is 17.2 Å². The van der Waals surface area contributed by atoms with Crippen LogP contribution in [0, 0.1) is 5.92 Å². The first kappa shape index (κ1) is 19.7. The molecule has 3 aromatic rings. The van der Waals surface area contributed by atoms with Crippen LogP contribution < -0.4 is 10.3 Å². The van der Waals surface area contributed by atoms with Crippen LogP contribution in [0.3, 0.4) is 0 Å². The van der Waals surface area contributed by atoms with E-state index in [4.69, 9.17) is 4.74 Å². The fourth-order valence-electron chi connectivity index (χ4n) is 4.36. The lowest BCUT2D eigenvalue weighted by molar-refractivity contribution is -0.122. The largest absolute Gasteiger partial charge is 0.378 e. The zero-order valence-corrected chi connectivity index (χ0v) is 17.6. The molecule has 6 nitrogen and oxygen atoms in total. The van der Waals surface area contributed by atoms with Gasteiger partial charge in [-0.3, -0.25) is 9.78 Å². The molecule has 6 heteroatoms. The Bertz CT molecular complexity index is 1120. The standard InChI is InChI=1S/C25H26N4O2/c1-25(20-5-7-21(8-6-20)29-11-13-31-14-12-29)16-22(25)24(30)28-27-17-18-4-9-23-19(15-18)3-2-10-26-23/h2-10,15,17,22H,11-14,16H2,1H3,(H,28,30)/b27-17+. The summed E-state index contributed by atoms with van der Waals surface area (Å²) in [5.74, 6) is -0.0850. The molecule has 1 N–H and O–H groups in total. The summed E-state index contributed by atoms with van der Waals surface area (Å²) in [6.45, 7) is 5.55. The van der Waals surface area contributed by atoms with Gasteiger partial charge in [0.1, 0.15) is 0 Å². The lowest BCUT2D eigenvalue weighted by Crippen LogP contribution is -2.36. The number of rotatable bonds is 5. The van der Waals surface area contributed by atoms with Crippen LogP contribution in [-0.4, -0.2) is 43.4 Å². The van der Waals surface area contributed by atoms with Crippen LogP contribution in [0.4, 0.5) is 5.69 Å². The highest BCUT2D eigenvalue weighted by atomic mass is 16.5. The van der Waals surface area contributed by atoms with Crippen molar-refractivity contribution in [2.45, 2.75) is 18.8 Å². The first-order chi connectivity index (χ1) is 15.1. The number of amides is 1. The third kappa shape index (κ3) is 4.03. The zero-order valence-electron chi connectivity index (χ0n) is 17.6. The molecule has 1 aliphatic heterocycles. The van der Waals surface area contributed by atoms with E-state index in [1.165, 1.54) is 11.3 Å². The van der Waals surface area contributed by atoms with E-state index in [1.54, 1.807) is 12.4 Å². The predicted octanol–water partition coefficient (Wildman–Crippen LogP) is 3.50. The van der Waals surface area contributed by atoms with Gasteiger partial charge in [0.2, 0.25) is 5.91 Å². The Morgan fingerprint density at radius 2 is 2.00 bits per heavy atom. The highest BCUT2D eigenvalue weighted by molar-refractivity contribution is 5.90. The second kappa shape index (κ2) is 8.12. The molecule has 0 spiro atoms. The minimum Gasteiger partial charge on any atom is -0.378 e. The molecule has 1 saturated heterocycles. The van der Waals surface area contributed by atoms with Gasteiger partial charge in [-0.1, -0.05) is 31.2 Å². The molecule has 2 heterocycles. The lowest BCUT2D eigenvalue weighted by Gasteiger charge is -2.29. The highest BCUT2D eigenvalue weighted by Crippen LogP contribution is 2.54. The van der Waals surface area contributed by atoms with Crippen LogP contribution in [0.1, 0.15) is 24.5 Å². The quantitative estimate of drug-likeness (QED) is 0.513. The second-order valence-electron chi connectivity index (χ2n) is 8.51. The van der Waals surface area contributed by atoms with Gasteiger partial charge in [-0.15, -0.1) is 0 Å². The third-order valence-corrected chi connectivity index (χ3v) is 6.47. The summed E-state index contributed by atoms with van der Waals surface area (Å²) in [6, 6.07) is 18.5. The summed E-state index contributed by atoms with van der Waals surface area (Å²) < 4.78 is 5.43. The van der Waals surface area contributed by atoms with Gasteiger partial charge in [-0.05, 0) is 47.9 Å². The summed E-state index contributed by atoms with van der Waals surface area (Å²) in [4.78, 5) is 19.3. The zero-order chi connectivity index (χ0) is 21.3. The Balaban J connectivity index is 1.20. The number of nitrogens with one attached hydrogen (secondary N) is 1. The van der Waals surface area contributed by atoms with Gasteiger partial charge in [-0.25, -0.2) is 5.43 Å². The number of aromatic nitrogens is 1. The van der Waals surface area contributed by atoms with E-state index >= 15 is 0 Å². The van der Waals surface area contributed by atoms with Gasteiger partial charge in [0.25, 0.3) is 0 Å². The monoisotopic (exact) mass is 414 g/mol. The van der Waals surface area contributed by atoms with Gasteiger partial charge in [0.05, 0.1) is 30.9 Å². The SMILES string of the molecule is CC1(c2ccc(N3CCOCC3)cc2)CC1C(=O)N/N=C/c1ccc2ncccc2c1. The fraction of sp³-hybridized carbons (Fsp3) is 0.320. The van der Waals surface area contributed by atoms with Crippen molar-refractivity contribution in [3.63, 3.8) is 0 Å². The van der Waals surface area contributed by atoms with Crippen LogP contribution in [0.2, 0.25) is 0 Å². The highest BCUT2D eigenvalue weighted by Gasteiger charge is 2.55. The smallest absolute Gasteiger partial charge is 0.244 e. The maximum absolute atomic E-state index is 12.7. The number of benzene rings is 2. The molecule has 5 rings (SSSR count). The van der Waals surface area contributed by atoms with Crippen LogP contribution in [0.25, 0.3) is 10.9 Å². The number of carbonyl (C=O) groups is 1. The van der Waals surface area contributed by atoms with Crippen LogP contribution >= 0.6 is 0 Å². The van der Waals surface area contributed by atoms with E-state index in [1.807, 2.05) is 30.3 Å². The Morgan fingerprint density at radius 3 is 2.81 bits per heavy atom. The molecule has 2 aliphatic rings. The number of hydrogen-bond donors (Lipinski definition) is 1. The second-order valence-corrected chi connectivity index (χ2v) is 8.51. The topological polar surface area (TPSA) is 66.8 Å². The summed E-state index contributed by atoms with van der Waals surface area (Å²) in [5, 5.41) is 5.23. The first-order valence-electron chi connectivity index (χ1n) is 10.7. The number of hydrogen-bond acceptors (Lipinski definition) is 5. The van der Waals surface area contributed by atoms with Crippen molar-refractivity contribution in [2.24, 2.45) is 11.0 Å². The third-order valence-electron chi connectivity index (χ3n) is 6.47. The first-order valence-corrected chi connectivity index (χ1v) is 10.7. The summed E-state index contributed by atoms with van der Waals surface area (Å²) in [6.07, 6.45) is 4.30. The fourth-order valence-corrected chi connectivity index (χ4v) is 4.36. The molecule has 0 bridgehead atoms. The Morgan fingerprint density at radius 1 is 1.19 bits per heavy atom. The number of hydrazone groups is 1. The van der Waals surface area contributed by atoms with Crippen molar-refractivity contribution in [3.05, 3.63) is 71.9 Å². The van der Waals surface area contributed by atoms with E-state index in [9.17, 15) is 4.79 Å². The average Bonchev–Trinajstić information content (AvgIpc) is 3.52. The van der Waals surface area contributed by atoms with Crippen LogP contribution in [-0.2, 0) is 14.9 Å². The molecule has 2 atom stereocenters. The van der Waals surface area contributed by atoms with Crippen molar-refractivity contribution in [1.29, 1.82) is 0 Å². The van der Waals surface area contributed by atoms with E-state index in [0.717, 1.165) is 49.2 Å². The molecule has 2 unspecified atom stereocenters. The minimum atomic E-state index is -0.127. The van der Waals surface area contributed by atoms with Gasteiger partial charge < -0.3 is 9.64 Å². The van der Waals surface area contributed by atoms with Crippen molar-refractivity contribution in [1.82, 2.24) is 10.4 Å². The molecule has 1 amide bonds. The Labute approximate surface area is 181 Å². The number of nitrogens with zero attached hydrogens (tertiary/aromatic N) is 3. The Kier molecular flexibility index (Phi) is 5.16. The van der Waals surface area contributed by atoms with Gasteiger partial charge >= 0.3 is 0 Å². The molecule has 2 fully saturated rings. The van der Waals surface area contributed by atoms with E-state index in [0.29, 0.717) is 0 Å². The maximum atomic E-state index is 12.7. The summed E-state index contributed by atoms with van der Waals surface area (Å²) in [5.41, 5.74) is 6.88. The molecule has 1 aromatic heterocycles. The number of fused-ring (bicyclic) bond motifs is 1. The molecule has 31 heavy (non-hydrogen) atoms. The van der Waals surface area contributed by atoms with Gasteiger partial charge in [0, 0.05) is 35.8 Å². The number of ether oxygens (including phenoxy) is 1. The molecular weight excluding hydrogens is 388 g/mol. The molecule has 1 aliphatic carbocycles. The molecule has 2 aromatic carbocycles. The van der Waals surface area contributed by atoms with Gasteiger partial charge in [-0.2, -0.15) is 5.10 Å². The normalized spacial score (nSPS) is 23.3. The predicted molar refractivity (Wildman–Crippen MR) is 122 cm³/mol. The average molecular weight is 415 g/mol. The molecule has 0 radical (unpaired) electrons. The molecule has 1 saturated carbocycles. The van der Waals surface area contributed by atoms with Crippen LogP contribution in [0.15, 0.2) is 65.9 Å². The van der Waals surface area contributed by atoms with Crippen molar-refractivity contribution >= 4 is 28.7 Å². The summed E-state index contributed by atoms with van der Waals surface area (Å²) >= 11 is 0. The molecular formula is C25H26N4O2. The number of anilines is 1. The van der Waals surface area contributed by atoms with E-state index < -0.39 is 0 Å². The minimum absolute atomic E-state index is 0.0292. The number of carbonyl (C=O) groups excluding carboxylic acids is 1. The molecule has 158 valence electrons. The number of pyridine rings is 1. The van der Waals surface area contributed by atoms with Crippen LogP contribution in [0.5, 0.6) is 0 Å². The van der Waals surface area contributed by atoms with E-state index in [2.05, 4.69) is 51.6 Å². The van der Waals surface area contributed by atoms with Crippen molar-refractivity contribution < 1.29 is 9.53 Å². The Hall–Kier alpha value is -3.25. The van der Waals surface area contributed by atoms with Crippen molar-refractivity contribution in [3.8, 4) is 0 Å². The maximum Gasteiger partial charge on any atom is 0.244 e. The summed E-state index contributed by atoms with van der Waals surface area (Å²) in [7, 11) is 0. The lowest BCUT2D eigenvalue weighted by atomic mass is 9.95. The van der Waals surface area contributed by atoms with Gasteiger partial charge in [0.15, 0.2) is 0 Å². The number of morpholine rings is 1.